The van der Waals surface area contributed by atoms with Gasteiger partial charge in [-0.3, -0.25) is 4.79 Å². The monoisotopic (exact) mass is 268 g/mol. The van der Waals surface area contributed by atoms with Crippen LogP contribution in [0.3, 0.4) is 0 Å². The van der Waals surface area contributed by atoms with E-state index < -0.39 is 0 Å². The zero-order valence-corrected chi connectivity index (χ0v) is 12.5. The number of carbonyl (C=O) groups excluding carboxylic acids is 1. The second-order valence-electron chi connectivity index (χ2n) is 5.36. The van der Waals surface area contributed by atoms with Crippen molar-refractivity contribution in [2.75, 3.05) is 26.2 Å². The van der Waals surface area contributed by atoms with Crippen molar-refractivity contribution in [3.8, 4) is 0 Å². The van der Waals surface area contributed by atoms with E-state index >= 15 is 0 Å². The van der Waals surface area contributed by atoms with Crippen LogP contribution in [0.4, 0.5) is 0 Å². The number of hydrogen-bond acceptors (Lipinski definition) is 5. The van der Waals surface area contributed by atoms with Crippen LogP contribution in [0.1, 0.15) is 45.2 Å². The average Bonchev–Trinajstić information content (AvgIpc) is 2.83. The SMILES string of the molecule is CCN(CC)CCNC(=O)c1nnn(C(C)(C)C)n1. The molecule has 1 rings (SSSR count). The fourth-order valence-electron chi connectivity index (χ4n) is 1.54. The molecule has 19 heavy (non-hydrogen) atoms. The van der Waals surface area contributed by atoms with Crippen molar-refractivity contribution in [2.45, 2.75) is 40.2 Å². The van der Waals surface area contributed by atoms with Gasteiger partial charge in [0.2, 0.25) is 0 Å². The Morgan fingerprint density at radius 2 is 1.95 bits per heavy atom. The molecule has 1 heterocycles. The Balaban J connectivity index is 2.48. The molecule has 0 aromatic carbocycles. The van der Waals surface area contributed by atoms with Crippen LogP contribution in [0.5, 0.6) is 0 Å². The lowest BCUT2D eigenvalue weighted by molar-refractivity contribution is 0.0937. The zero-order valence-electron chi connectivity index (χ0n) is 12.5. The Morgan fingerprint density at radius 3 is 2.42 bits per heavy atom. The van der Waals surface area contributed by atoms with E-state index in [9.17, 15) is 4.79 Å². The van der Waals surface area contributed by atoms with Crippen LogP contribution in [0.25, 0.3) is 0 Å². The van der Waals surface area contributed by atoms with E-state index in [1.807, 2.05) is 20.8 Å². The molecule has 1 N–H and O–H groups in total. The first kappa shape index (κ1) is 15.6. The molecule has 1 aromatic heterocycles. The second-order valence-corrected chi connectivity index (χ2v) is 5.36. The predicted molar refractivity (Wildman–Crippen MR) is 72.9 cm³/mol. The standard InChI is InChI=1S/C12H24N6O/c1-6-17(7-2)9-8-13-11(19)10-14-16-18(15-10)12(3,4)5/h6-9H2,1-5H3,(H,13,19). The second kappa shape index (κ2) is 6.60. The van der Waals surface area contributed by atoms with Gasteiger partial charge < -0.3 is 10.2 Å². The van der Waals surface area contributed by atoms with Crippen molar-refractivity contribution >= 4 is 5.91 Å². The van der Waals surface area contributed by atoms with Gasteiger partial charge in [-0.2, -0.15) is 4.80 Å². The minimum Gasteiger partial charge on any atom is -0.348 e. The minimum atomic E-state index is -0.275. The molecule has 7 nitrogen and oxygen atoms in total. The topological polar surface area (TPSA) is 75.9 Å². The third-order valence-corrected chi connectivity index (χ3v) is 2.82. The van der Waals surface area contributed by atoms with Crippen molar-refractivity contribution in [1.29, 1.82) is 0 Å². The number of amides is 1. The Morgan fingerprint density at radius 1 is 1.32 bits per heavy atom. The summed E-state index contributed by atoms with van der Waals surface area (Å²) < 4.78 is 0. The molecule has 0 saturated carbocycles. The summed E-state index contributed by atoms with van der Waals surface area (Å²) in [6.07, 6.45) is 0. The number of aromatic nitrogens is 4. The van der Waals surface area contributed by atoms with Gasteiger partial charge in [0, 0.05) is 13.1 Å². The molecular formula is C12H24N6O. The molecular weight excluding hydrogens is 244 g/mol. The van der Waals surface area contributed by atoms with Crippen LogP contribution in [0, 0.1) is 0 Å². The maximum Gasteiger partial charge on any atom is 0.292 e. The summed E-state index contributed by atoms with van der Waals surface area (Å²) >= 11 is 0. The van der Waals surface area contributed by atoms with Gasteiger partial charge in [-0.1, -0.05) is 13.8 Å². The van der Waals surface area contributed by atoms with E-state index in [1.165, 1.54) is 4.80 Å². The smallest absolute Gasteiger partial charge is 0.292 e. The lowest BCUT2D eigenvalue weighted by atomic mass is 10.1. The molecule has 1 amide bonds. The van der Waals surface area contributed by atoms with E-state index in [1.54, 1.807) is 0 Å². The van der Waals surface area contributed by atoms with Crippen molar-refractivity contribution in [3.63, 3.8) is 0 Å². The number of tetrazole rings is 1. The number of rotatable bonds is 6. The summed E-state index contributed by atoms with van der Waals surface area (Å²) in [4.78, 5) is 15.5. The van der Waals surface area contributed by atoms with Crippen molar-refractivity contribution in [3.05, 3.63) is 5.82 Å². The first-order valence-corrected chi connectivity index (χ1v) is 6.69. The normalized spacial score (nSPS) is 11.9. The summed E-state index contributed by atoms with van der Waals surface area (Å²) in [5.41, 5.74) is -0.271. The minimum absolute atomic E-state index is 0.120. The highest BCUT2D eigenvalue weighted by Gasteiger charge is 2.19. The predicted octanol–water partition coefficient (Wildman–Crippen LogP) is 0.500. The van der Waals surface area contributed by atoms with Gasteiger partial charge in [-0.05, 0) is 39.1 Å². The van der Waals surface area contributed by atoms with Crippen molar-refractivity contribution in [2.24, 2.45) is 0 Å². The fraction of sp³-hybridized carbons (Fsp3) is 0.833. The van der Waals surface area contributed by atoms with Gasteiger partial charge in [0.05, 0.1) is 5.54 Å². The first-order chi connectivity index (χ1) is 8.88. The Bertz CT molecular complexity index is 405. The van der Waals surface area contributed by atoms with Gasteiger partial charge in [0.15, 0.2) is 0 Å². The van der Waals surface area contributed by atoms with E-state index in [-0.39, 0.29) is 17.3 Å². The lowest BCUT2D eigenvalue weighted by Gasteiger charge is -2.17. The van der Waals surface area contributed by atoms with Crippen LogP contribution in [0.15, 0.2) is 0 Å². The van der Waals surface area contributed by atoms with Crippen LogP contribution in [0.2, 0.25) is 0 Å². The van der Waals surface area contributed by atoms with Gasteiger partial charge in [-0.25, -0.2) is 0 Å². The van der Waals surface area contributed by atoms with Gasteiger partial charge in [-0.15, -0.1) is 10.2 Å². The Hall–Kier alpha value is -1.50. The molecule has 0 radical (unpaired) electrons. The Labute approximate surface area is 114 Å². The van der Waals surface area contributed by atoms with Crippen LogP contribution in [-0.4, -0.2) is 57.2 Å². The molecule has 0 unspecified atom stereocenters. The molecule has 1 aromatic rings. The molecule has 108 valence electrons. The molecule has 0 spiro atoms. The zero-order chi connectivity index (χ0) is 14.5. The van der Waals surface area contributed by atoms with Gasteiger partial charge in [0.1, 0.15) is 0 Å². The van der Waals surface area contributed by atoms with Crippen LogP contribution < -0.4 is 5.32 Å². The van der Waals surface area contributed by atoms with Gasteiger partial charge >= 0.3 is 0 Å². The van der Waals surface area contributed by atoms with E-state index in [0.29, 0.717) is 6.54 Å². The molecule has 0 aliphatic heterocycles. The summed E-state index contributed by atoms with van der Waals surface area (Å²) in [6, 6.07) is 0. The first-order valence-electron chi connectivity index (χ1n) is 6.69. The molecule has 0 atom stereocenters. The number of nitrogens with one attached hydrogen (secondary N) is 1. The number of hydrogen-bond donors (Lipinski definition) is 1. The third kappa shape index (κ3) is 4.59. The summed E-state index contributed by atoms with van der Waals surface area (Å²) in [5.74, 6) is -0.155. The fourth-order valence-corrected chi connectivity index (χ4v) is 1.54. The Kier molecular flexibility index (Phi) is 5.41. The molecule has 7 heteroatoms. The van der Waals surface area contributed by atoms with E-state index in [2.05, 4.69) is 39.5 Å². The maximum atomic E-state index is 11.8. The van der Waals surface area contributed by atoms with Crippen LogP contribution >= 0.6 is 0 Å². The summed E-state index contributed by atoms with van der Waals surface area (Å²) in [7, 11) is 0. The highest BCUT2D eigenvalue weighted by atomic mass is 16.2. The highest BCUT2D eigenvalue weighted by molar-refractivity contribution is 5.90. The van der Waals surface area contributed by atoms with E-state index in [4.69, 9.17) is 0 Å². The maximum absolute atomic E-state index is 11.8. The molecule has 0 fully saturated rings. The number of likely N-dealkylation sites (N-methyl/N-ethyl adjacent to an activating group) is 1. The van der Waals surface area contributed by atoms with Crippen molar-refractivity contribution < 1.29 is 4.79 Å². The van der Waals surface area contributed by atoms with Crippen LogP contribution in [-0.2, 0) is 5.54 Å². The molecule has 0 saturated heterocycles. The summed E-state index contributed by atoms with van der Waals surface area (Å²) in [5, 5.41) is 14.6. The average molecular weight is 268 g/mol. The molecule has 0 aliphatic carbocycles. The molecule has 0 aliphatic rings. The summed E-state index contributed by atoms with van der Waals surface area (Å²) in [6.45, 7) is 13.4. The highest BCUT2D eigenvalue weighted by Crippen LogP contribution is 2.08. The third-order valence-electron chi connectivity index (χ3n) is 2.82. The van der Waals surface area contributed by atoms with Crippen molar-refractivity contribution in [1.82, 2.24) is 30.4 Å². The lowest BCUT2D eigenvalue weighted by Crippen LogP contribution is -2.35. The van der Waals surface area contributed by atoms with E-state index in [0.717, 1.165) is 19.6 Å². The number of carbonyl (C=O) groups is 1. The van der Waals surface area contributed by atoms with Gasteiger partial charge in [0.25, 0.3) is 11.7 Å². The molecule has 0 bridgehead atoms. The quantitative estimate of drug-likeness (QED) is 0.813. The largest absolute Gasteiger partial charge is 0.348 e. The number of nitrogens with zero attached hydrogens (tertiary/aromatic N) is 5.